The van der Waals surface area contributed by atoms with Crippen molar-refractivity contribution in [3.63, 3.8) is 0 Å². The maximum absolute atomic E-state index is 13.5. The molecule has 0 aliphatic carbocycles. The first kappa shape index (κ1) is 27.1. The topological polar surface area (TPSA) is 95.6 Å². The molecular formula is C29H26BrN3O4S. The van der Waals surface area contributed by atoms with Crippen LogP contribution >= 0.6 is 15.9 Å². The molecule has 0 aromatic heterocycles. The van der Waals surface area contributed by atoms with E-state index >= 15 is 0 Å². The van der Waals surface area contributed by atoms with E-state index in [0.717, 1.165) is 9.87 Å². The van der Waals surface area contributed by atoms with Crippen LogP contribution in [0.3, 0.4) is 0 Å². The van der Waals surface area contributed by atoms with Gasteiger partial charge >= 0.3 is 0 Å². The summed E-state index contributed by atoms with van der Waals surface area (Å²) in [6.07, 6.45) is 0. The second-order valence-corrected chi connectivity index (χ2v) is 11.3. The summed E-state index contributed by atoms with van der Waals surface area (Å²) in [5.74, 6) is -0.959. The van der Waals surface area contributed by atoms with Gasteiger partial charge in [0.1, 0.15) is 6.54 Å². The van der Waals surface area contributed by atoms with Crippen LogP contribution in [-0.4, -0.2) is 26.8 Å². The van der Waals surface area contributed by atoms with Crippen molar-refractivity contribution in [2.75, 3.05) is 16.2 Å². The Hall–Kier alpha value is -3.95. The molecule has 1 atom stereocenters. The first-order valence-electron chi connectivity index (χ1n) is 11.8. The minimum absolute atomic E-state index is 0.0578. The number of para-hydroxylation sites is 1. The normalized spacial score (nSPS) is 11.8. The highest BCUT2D eigenvalue weighted by Gasteiger charge is 2.28. The average Bonchev–Trinajstić information content (AvgIpc) is 2.93. The zero-order valence-corrected chi connectivity index (χ0v) is 22.9. The molecule has 0 unspecified atom stereocenters. The molecule has 9 heteroatoms. The van der Waals surface area contributed by atoms with Crippen LogP contribution in [-0.2, 0) is 14.8 Å². The zero-order valence-electron chi connectivity index (χ0n) is 20.5. The monoisotopic (exact) mass is 591 g/mol. The minimum atomic E-state index is -4.06. The van der Waals surface area contributed by atoms with Crippen LogP contribution in [0, 0.1) is 0 Å². The number of rotatable bonds is 9. The van der Waals surface area contributed by atoms with E-state index in [-0.39, 0.29) is 28.1 Å². The molecule has 4 rings (SSSR count). The molecule has 7 nitrogen and oxygen atoms in total. The molecule has 38 heavy (non-hydrogen) atoms. The summed E-state index contributed by atoms with van der Waals surface area (Å²) in [4.78, 5) is 26.4. The number of sulfonamides is 1. The van der Waals surface area contributed by atoms with Crippen LogP contribution < -0.4 is 14.9 Å². The summed E-state index contributed by atoms with van der Waals surface area (Å²) in [5.41, 5.74) is 1.81. The molecule has 2 amide bonds. The molecule has 0 saturated carbocycles. The summed E-state index contributed by atoms with van der Waals surface area (Å²) in [6, 6.07) is 30.5. The molecule has 4 aromatic rings. The molecule has 0 spiro atoms. The average molecular weight is 593 g/mol. The first-order chi connectivity index (χ1) is 18.3. The van der Waals surface area contributed by atoms with E-state index in [1.807, 2.05) is 37.3 Å². The van der Waals surface area contributed by atoms with Crippen molar-refractivity contribution in [2.45, 2.75) is 17.9 Å². The van der Waals surface area contributed by atoms with E-state index in [9.17, 15) is 18.0 Å². The Morgan fingerprint density at radius 3 is 2.16 bits per heavy atom. The van der Waals surface area contributed by atoms with Crippen LogP contribution in [0.15, 0.2) is 119 Å². The van der Waals surface area contributed by atoms with Gasteiger partial charge in [-0.15, -0.1) is 0 Å². The summed E-state index contributed by atoms with van der Waals surface area (Å²) < 4.78 is 28.8. The van der Waals surface area contributed by atoms with Crippen molar-refractivity contribution in [2.24, 2.45) is 0 Å². The third-order valence-electron chi connectivity index (χ3n) is 5.81. The highest BCUT2D eigenvalue weighted by Crippen LogP contribution is 2.27. The Morgan fingerprint density at radius 1 is 0.842 bits per heavy atom. The van der Waals surface area contributed by atoms with Crippen LogP contribution in [0.25, 0.3) is 0 Å². The van der Waals surface area contributed by atoms with Crippen molar-refractivity contribution in [1.82, 2.24) is 5.32 Å². The molecule has 0 aliphatic rings. The summed E-state index contributed by atoms with van der Waals surface area (Å²) in [6.45, 7) is 1.38. The fraction of sp³-hybridized carbons (Fsp3) is 0.103. The number of carbonyl (C=O) groups excluding carboxylic acids is 2. The first-order valence-corrected chi connectivity index (χ1v) is 14.1. The predicted molar refractivity (Wildman–Crippen MR) is 153 cm³/mol. The lowest BCUT2D eigenvalue weighted by atomic mass is 10.1. The van der Waals surface area contributed by atoms with E-state index in [4.69, 9.17) is 0 Å². The molecule has 0 aliphatic heterocycles. The van der Waals surface area contributed by atoms with Gasteiger partial charge in [0.25, 0.3) is 15.9 Å². The zero-order chi connectivity index (χ0) is 27.1. The van der Waals surface area contributed by atoms with Gasteiger partial charge < -0.3 is 10.6 Å². The number of amides is 2. The number of hydrogen-bond acceptors (Lipinski definition) is 4. The maximum Gasteiger partial charge on any atom is 0.264 e. The molecule has 194 valence electrons. The van der Waals surface area contributed by atoms with Crippen molar-refractivity contribution < 1.29 is 18.0 Å². The standard InChI is InChI=1S/C29H26BrN3O4S/c1-21(22-11-4-2-5-12-22)31-29(35)26-17-8-9-18-27(26)32-28(34)20-33(24-14-10-13-23(30)19-24)38(36,37)25-15-6-3-7-16-25/h2-19,21H,20H2,1H3,(H,31,35)(H,32,34)/t21-/m1/s1. The van der Waals surface area contributed by atoms with Gasteiger partial charge in [-0.05, 0) is 55.0 Å². The summed E-state index contributed by atoms with van der Waals surface area (Å²) >= 11 is 3.37. The molecule has 2 N–H and O–H groups in total. The summed E-state index contributed by atoms with van der Waals surface area (Å²) in [5, 5.41) is 5.67. The van der Waals surface area contributed by atoms with Gasteiger partial charge in [0.15, 0.2) is 0 Å². The Balaban J connectivity index is 1.57. The number of carbonyl (C=O) groups is 2. The number of anilines is 2. The van der Waals surface area contributed by atoms with Crippen molar-refractivity contribution in [1.29, 1.82) is 0 Å². The lowest BCUT2D eigenvalue weighted by molar-refractivity contribution is -0.114. The highest BCUT2D eigenvalue weighted by molar-refractivity contribution is 9.10. The lowest BCUT2D eigenvalue weighted by Crippen LogP contribution is -2.38. The van der Waals surface area contributed by atoms with Crippen LogP contribution in [0.4, 0.5) is 11.4 Å². The third-order valence-corrected chi connectivity index (χ3v) is 8.09. The second kappa shape index (κ2) is 12.1. The van der Waals surface area contributed by atoms with E-state index < -0.39 is 22.5 Å². The smallest absolute Gasteiger partial charge is 0.264 e. The van der Waals surface area contributed by atoms with E-state index in [0.29, 0.717) is 10.2 Å². The predicted octanol–water partition coefficient (Wildman–Crippen LogP) is 5.77. The van der Waals surface area contributed by atoms with E-state index in [1.54, 1.807) is 66.7 Å². The molecule has 0 bridgehead atoms. The number of nitrogens with one attached hydrogen (secondary N) is 2. The molecule has 0 saturated heterocycles. The van der Waals surface area contributed by atoms with E-state index in [2.05, 4.69) is 26.6 Å². The molecule has 4 aromatic carbocycles. The van der Waals surface area contributed by atoms with Gasteiger partial charge in [0.05, 0.1) is 27.9 Å². The molecule has 0 fully saturated rings. The quantitative estimate of drug-likeness (QED) is 0.258. The molecule has 0 radical (unpaired) electrons. The fourth-order valence-corrected chi connectivity index (χ4v) is 5.70. The number of hydrogen-bond donors (Lipinski definition) is 2. The van der Waals surface area contributed by atoms with Crippen LogP contribution in [0.5, 0.6) is 0 Å². The second-order valence-electron chi connectivity index (χ2n) is 8.50. The minimum Gasteiger partial charge on any atom is -0.345 e. The number of nitrogens with zero attached hydrogens (tertiary/aromatic N) is 1. The van der Waals surface area contributed by atoms with Gasteiger partial charge in [0.2, 0.25) is 5.91 Å². The van der Waals surface area contributed by atoms with Gasteiger partial charge in [-0.25, -0.2) is 8.42 Å². The van der Waals surface area contributed by atoms with Gasteiger partial charge in [-0.2, -0.15) is 0 Å². The van der Waals surface area contributed by atoms with Crippen LogP contribution in [0.1, 0.15) is 28.9 Å². The van der Waals surface area contributed by atoms with Gasteiger partial charge in [0, 0.05) is 4.47 Å². The molecule has 0 heterocycles. The van der Waals surface area contributed by atoms with Crippen LogP contribution in [0.2, 0.25) is 0 Å². The SMILES string of the molecule is C[C@@H](NC(=O)c1ccccc1NC(=O)CN(c1cccc(Br)c1)S(=O)(=O)c1ccccc1)c1ccccc1. The number of benzene rings is 4. The van der Waals surface area contributed by atoms with Gasteiger partial charge in [-0.1, -0.05) is 82.7 Å². The Bertz CT molecular complexity index is 1530. The van der Waals surface area contributed by atoms with Crippen molar-refractivity contribution in [3.8, 4) is 0 Å². The Kier molecular flexibility index (Phi) is 8.60. The summed E-state index contributed by atoms with van der Waals surface area (Å²) in [7, 11) is -4.06. The van der Waals surface area contributed by atoms with Gasteiger partial charge in [-0.3, -0.25) is 13.9 Å². The van der Waals surface area contributed by atoms with Crippen molar-refractivity contribution >= 4 is 49.1 Å². The maximum atomic E-state index is 13.5. The fourth-order valence-electron chi connectivity index (χ4n) is 3.88. The number of halogens is 1. The Labute approximate surface area is 230 Å². The van der Waals surface area contributed by atoms with E-state index in [1.165, 1.54) is 12.1 Å². The highest BCUT2D eigenvalue weighted by atomic mass is 79.9. The lowest BCUT2D eigenvalue weighted by Gasteiger charge is -2.24. The third kappa shape index (κ3) is 6.48. The largest absolute Gasteiger partial charge is 0.345 e. The Morgan fingerprint density at radius 2 is 1.47 bits per heavy atom. The van der Waals surface area contributed by atoms with Crippen molar-refractivity contribution in [3.05, 3.63) is 125 Å². The molecular weight excluding hydrogens is 566 g/mol.